The monoisotopic (exact) mass is 330 g/mol. The zero-order valence-corrected chi connectivity index (χ0v) is 12.5. The van der Waals surface area contributed by atoms with Crippen LogP contribution in [-0.4, -0.2) is 28.7 Å². The molecule has 0 aliphatic carbocycles. The molecule has 0 radical (unpaired) electrons. The molecule has 0 saturated carbocycles. The molecule has 98 valence electrons. The minimum absolute atomic E-state index is 0.565. The molecule has 0 spiro atoms. The quantitative estimate of drug-likeness (QED) is 0.919. The van der Waals surface area contributed by atoms with Gasteiger partial charge in [-0.05, 0) is 58.6 Å². The maximum Gasteiger partial charge on any atom is 0.320 e. The van der Waals surface area contributed by atoms with Crippen molar-refractivity contribution in [2.45, 2.75) is 24.0 Å². The molecule has 1 aliphatic rings. The number of halogens is 1. The highest BCUT2D eigenvalue weighted by Crippen LogP contribution is 2.41. The summed E-state index contributed by atoms with van der Waals surface area (Å²) in [6.07, 6.45) is 2.29. The van der Waals surface area contributed by atoms with Crippen molar-refractivity contribution >= 4 is 33.7 Å². The van der Waals surface area contributed by atoms with Gasteiger partial charge in [0.1, 0.15) is 10.5 Å². The number of carboxylic acid groups (broad SMARTS) is 1. The molecule has 1 aliphatic heterocycles. The standard InChI is InChI=1S/C13H15BrO3S/c1-17-11-4-3-9(7-10(11)14)8-13(12(15)16)5-2-6-18-13/h3-4,7H,2,5-6,8H2,1H3,(H,15,16). The number of methoxy groups -OCH3 is 1. The molecule has 1 saturated heterocycles. The zero-order chi connectivity index (χ0) is 13.2. The predicted octanol–water partition coefficient (Wildman–Crippen LogP) is 3.35. The third-order valence-electron chi connectivity index (χ3n) is 3.20. The number of ether oxygens (including phenoxy) is 1. The normalized spacial score (nSPS) is 23.0. The summed E-state index contributed by atoms with van der Waals surface area (Å²) >= 11 is 4.99. The number of carbonyl (C=O) groups is 1. The summed E-state index contributed by atoms with van der Waals surface area (Å²) in [6.45, 7) is 0. The Labute approximate surface area is 119 Å². The van der Waals surface area contributed by atoms with E-state index in [9.17, 15) is 9.90 Å². The second kappa shape index (κ2) is 5.53. The molecular weight excluding hydrogens is 316 g/mol. The van der Waals surface area contributed by atoms with E-state index in [1.807, 2.05) is 18.2 Å². The summed E-state index contributed by atoms with van der Waals surface area (Å²) in [4.78, 5) is 11.5. The van der Waals surface area contributed by atoms with Crippen LogP contribution in [0.4, 0.5) is 0 Å². The fraction of sp³-hybridized carbons (Fsp3) is 0.462. The molecule has 0 bridgehead atoms. The van der Waals surface area contributed by atoms with Crippen molar-refractivity contribution in [1.29, 1.82) is 0 Å². The lowest BCUT2D eigenvalue weighted by Gasteiger charge is -2.23. The molecule has 1 aromatic rings. The molecule has 0 aromatic heterocycles. The van der Waals surface area contributed by atoms with E-state index in [2.05, 4.69) is 15.9 Å². The molecule has 1 fully saturated rings. The first-order chi connectivity index (χ1) is 8.57. The number of carboxylic acids is 1. The Morgan fingerprint density at radius 2 is 2.39 bits per heavy atom. The van der Waals surface area contributed by atoms with Crippen LogP contribution in [0.15, 0.2) is 22.7 Å². The minimum Gasteiger partial charge on any atom is -0.496 e. The van der Waals surface area contributed by atoms with Crippen molar-refractivity contribution in [3.8, 4) is 5.75 Å². The largest absolute Gasteiger partial charge is 0.496 e. The van der Waals surface area contributed by atoms with Crippen LogP contribution >= 0.6 is 27.7 Å². The number of rotatable bonds is 4. The average molecular weight is 331 g/mol. The predicted molar refractivity (Wildman–Crippen MR) is 76.5 cm³/mol. The highest BCUT2D eigenvalue weighted by Gasteiger charge is 2.42. The van der Waals surface area contributed by atoms with Crippen LogP contribution < -0.4 is 4.74 Å². The molecule has 1 unspecified atom stereocenters. The van der Waals surface area contributed by atoms with Gasteiger partial charge in [-0.2, -0.15) is 0 Å². The highest BCUT2D eigenvalue weighted by atomic mass is 79.9. The van der Waals surface area contributed by atoms with Crippen LogP contribution in [0, 0.1) is 0 Å². The maximum atomic E-state index is 11.5. The van der Waals surface area contributed by atoms with E-state index in [-0.39, 0.29) is 0 Å². The Hall–Kier alpha value is -0.680. The number of thioether (sulfide) groups is 1. The second-order valence-corrected chi connectivity index (χ2v) is 6.73. The Bertz CT molecular complexity index is 456. The van der Waals surface area contributed by atoms with E-state index in [1.165, 1.54) is 0 Å². The molecule has 1 aromatic carbocycles. The van der Waals surface area contributed by atoms with Crippen molar-refractivity contribution in [3.63, 3.8) is 0 Å². The summed E-state index contributed by atoms with van der Waals surface area (Å²) < 4.78 is 5.40. The summed E-state index contributed by atoms with van der Waals surface area (Å²) in [6, 6.07) is 5.75. The number of hydrogen-bond donors (Lipinski definition) is 1. The molecule has 5 heteroatoms. The SMILES string of the molecule is COc1ccc(CC2(C(=O)O)CCCS2)cc1Br. The third-order valence-corrected chi connectivity index (χ3v) is 5.39. The number of hydrogen-bond acceptors (Lipinski definition) is 3. The van der Waals surface area contributed by atoms with E-state index in [1.54, 1.807) is 18.9 Å². The Balaban J connectivity index is 2.22. The van der Waals surface area contributed by atoms with Crippen LogP contribution in [0.3, 0.4) is 0 Å². The molecule has 18 heavy (non-hydrogen) atoms. The van der Waals surface area contributed by atoms with Gasteiger partial charge < -0.3 is 9.84 Å². The van der Waals surface area contributed by atoms with Crippen LogP contribution in [0.5, 0.6) is 5.75 Å². The van der Waals surface area contributed by atoms with Gasteiger partial charge in [0, 0.05) is 0 Å². The van der Waals surface area contributed by atoms with E-state index < -0.39 is 10.7 Å². The third kappa shape index (κ3) is 2.67. The number of aliphatic carboxylic acids is 1. The van der Waals surface area contributed by atoms with E-state index in [4.69, 9.17) is 4.74 Å². The van der Waals surface area contributed by atoms with Gasteiger partial charge in [-0.15, -0.1) is 11.8 Å². The Morgan fingerprint density at radius 1 is 1.61 bits per heavy atom. The van der Waals surface area contributed by atoms with Gasteiger partial charge >= 0.3 is 5.97 Å². The minimum atomic E-state index is -0.697. The maximum absolute atomic E-state index is 11.5. The first-order valence-corrected chi connectivity index (χ1v) is 7.55. The molecule has 1 heterocycles. The summed E-state index contributed by atoms with van der Waals surface area (Å²) in [7, 11) is 1.62. The van der Waals surface area contributed by atoms with Crippen LogP contribution in [0.25, 0.3) is 0 Å². The van der Waals surface area contributed by atoms with Gasteiger partial charge in [-0.25, -0.2) is 0 Å². The fourth-order valence-corrected chi connectivity index (χ4v) is 4.18. The molecule has 0 amide bonds. The second-order valence-electron chi connectivity index (χ2n) is 4.40. The van der Waals surface area contributed by atoms with Crippen molar-refractivity contribution in [2.75, 3.05) is 12.9 Å². The Kier molecular flexibility index (Phi) is 4.22. The summed E-state index contributed by atoms with van der Waals surface area (Å²) in [5.74, 6) is 1.00. The van der Waals surface area contributed by atoms with Crippen molar-refractivity contribution in [3.05, 3.63) is 28.2 Å². The summed E-state index contributed by atoms with van der Waals surface area (Å²) in [5.41, 5.74) is 1.03. The van der Waals surface area contributed by atoms with Crippen molar-refractivity contribution < 1.29 is 14.6 Å². The van der Waals surface area contributed by atoms with E-state index in [0.29, 0.717) is 6.42 Å². The summed E-state index contributed by atoms with van der Waals surface area (Å²) in [5, 5.41) is 9.44. The molecular formula is C13H15BrO3S. The molecule has 1 atom stereocenters. The molecule has 2 rings (SSSR count). The van der Waals surface area contributed by atoms with E-state index in [0.717, 1.165) is 34.4 Å². The first kappa shape index (κ1) is 13.7. The van der Waals surface area contributed by atoms with Gasteiger partial charge in [0.05, 0.1) is 11.6 Å². The first-order valence-electron chi connectivity index (χ1n) is 5.77. The highest BCUT2D eigenvalue weighted by molar-refractivity contribution is 9.10. The Morgan fingerprint density at radius 3 is 2.89 bits per heavy atom. The van der Waals surface area contributed by atoms with Crippen molar-refractivity contribution in [1.82, 2.24) is 0 Å². The van der Waals surface area contributed by atoms with Gasteiger partial charge in [-0.1, -0.05) is 6.07 Å². The van der Waals surface area contributed by atoms with Gasteiger partial charge in [0.25, 0.3) is 0 Å². The van der Waals surface area contributed by atoms with E-state index >= 15 is 0 Å². The fourth-order valence-electron chi connectivity index (χ4n) is 2.23. The van der Waals surface area contributed by atoms with Crippen molar-refractivity contribution in [2.24, 2.45) is 0 Å². The smallest absolute Gasteiger partial charge is 0.320 e. The van der Waals surface area contributed by atoms with Crippen LogP contribution in [0.2, 0.25) is 0 Å². The zero-order valence-electron chi connectivity index (χ0n) is 10.1. The van der Waals surface area contributed by atoms with Gasteiger partial charge in [-0.3, -0.25) is 4.79 Å². The lowest BCUT2D eigenvalue weighted by atomic mass is 9.94. The topological polar surface area (TPSA) is 46.5 Å². The van der Waals surface area contributed by atoms with Gasteiger partial charge in [0.2, 0.25) is 0 Å². The lowest BCUT2D eigenvalue weighted by Crippen LogP contribution is -2.34. The average Bonchev–Trinajstić information content (AvgIpc) is 2.79. The molecule has 1 N–H and O–H groups in total. The van der Waals surface area contributed by atoms with Gasteiger partial charge in [0.15, 0.2) is 0 Å². The number of benzene rings is 1. The van der Waals surface area contributed by atoms with Crippen LogP contribution in [-0.2, 0) is 11.2 Å². The molecule has 3 nitrogen and oxygen atoms in total. The van der Waals surface area contributed by atoms with Crippen LogP contribution in [0.1, 0.15) is 18.4 Å². The lowest BCUT2D eigenvalue weighted by molar-refractivity contribution is -0.139.